The lowest BCUT2D eigenvalue weighted by Gasteiger charge is -2.11. The summed E-state index contributed by atoms with van der Waals surface area (Å²) in [5.41, 5.74) is 7.14. The number of rotatable bonds is 4. The lowest BCUT2D eigenvalue weighted by molar-refractivity contribution is 0.628. The third-order valence-electron chi connectivity index (χ3n) is 2.99. The van der Waals surface area contributed by atoms with E-state index in [9.17, 15) is 4.39 Å². The predicted molar refractivity (Wildman–Crippen MR) is 91.7 cm³/mol. The molecule has 3 rings (SSSR count). The smallest absolute Gasteiger partial charge is 0.158 e. The van der Waals surface area contributed by atoms with E-state index in [0.29, 0.717) is 22.2 Å². The van der Waals surface area contributed by atoms with E-state index in [1.165, 1.54) is 30.2 Å². The average molecular weight is 347 g/mol. The van der Waals surface area contributed by atoms with Gasteiger partial charge in [0.25, 0.3) is 0 Å². The number of nitrogens with two attached hydrogens (primary N) is 1. The number of nitrogen functional groups attached to an aromatic ring is 1. The highest BCUT2D eigenvalue weighted by Crippen LogP contribution is 2.34. The molecule has 23 heavy (non-hydrogen) atoms. The van der Waals surface area contributed by atoms with Gasteiger partial charge in [0.05, 0.1) is 5.02 Å². The van der Waals surface area contributed by atoms with Gasteiger partial charge in [-0.25, -0.2) is 14.4 Å². The number of halogens is 2. The molecule has 3 aromatic rings. The van der Waals surface area contributed by atoms with E-state index in [2.05, 4.69) is 15.3 Å². The number of hydrogen-bond acceptors (Lipinski definition) is 5. The van der Waals surface area contributed by atoms with Gasteiger partial charge in [-0.2, -0.15) is 0 Å². The molecule has 0 aliphatic rings. The Morgan fingerprint density at radius 2 is 1.87 bits per heavy atom. The van der Waals surface area contributed by atoms with Crippen LogP contribution < -0.4 is 11.1 Å². The lowest BCUT2D eigenvalue weighted by Crippen LogP contribution is -2.02. The van der Waals surface area contributed by atoms with E-state index in [1.807, 2.05) is 30.3 Å². The first-order valence-electron chi connectivity index (χ1n) is 6.69. The van der Waals surface area contributed by atoms with E-state index in [0.717, 1.165) is 4.90 Å². The summed E-state index contributed by atoms with van der Waals surface area (Å²) in [5.74, 6) is -0.0331. The maximum atomic E-state index is 13.2. The molecule has 3 N–H and O–H groups in total. The molecule has 0 fully saturated rings. The van der Waals surface area contributed by atoms with Crippen LogP contribution in [0.15, 0.2) is 64.8 Å². The summed E-state index contributed by atoms with van der Waals surface area (Å²) in [4.78, 5) is 9.36. The summed E-state index contributed by atoms with van der Waals surface area (Å²) in [6.07, 6.45) is 1.43. The molecule has 0 unspecified atom stereocenters. The normalized spacial score (nSPS) is 10.5. The van der Waals surface area contributed by atoms with Crippen molar-refractivity contribution in [3.05, 3.63) is 65.7 Å². The number of nitrogens with zero attached hydrogens (tertiary/aromatic N) is 2. The second-order valence-corrected chi connectivity index (χ2v) is 6.08. The van der Waals surface area contributed by atoms with Crippen molar-refractivity contribution in [2.24, 2.45) is 0 Å². The Morgan fingerprint density at radius 1 is 1.09 bits per heavy atom. The molecule has 1 heterocycles. The molecule has 0 spiro atoms. The number of aromatic nitrogens is 2. The topological polar surface area (TPSA) is 63.8 Å². The van der Waals surface area contributed by atoms with Crippen LogP contribution >= 0.6 is 23.4 Å². The van der Waals surface area contributed by atoms with Gasteiger partial charge in [0, 0.05) is 10.6 Å². The largest absolute Gasteiger partial charge is 0.394 e. The van der Waals surface area contributed by atoms with Crippen molar-refractivity contribution < 1.29 is 4.39 Å². The summed E-state index contributed by atoms with van der Waals surface area (Å²) < 4.78 is 13.2. The van der Waals surface area contributed by atoms with Gasteiger partial charge in [0.15, 0.2) is 5.82 Å². The molecule has 0 saturated carbocycles. The molecular weight excluding hydrogens is 335 g/mol. The number of benzene rings is 2. The van der Waals surface area contributed by atoms with Crippen LogP contribution in [-0.2, 0) is 0 Å². The van der Waals surface area contributed by atoms with Crippen LogP contribution in [0.4, 0.5) is 21.6 Å². The molecule has 0 saturated heterocycles. The molecule has 2 aromatic carbocycles. The van der Waals surface area contributed by atoms with Crippen LogP contribution in [-0.4, -0.2) is 9.97 Å². The Morgan fingerprint density at radius 3 is 2.61 bits per heavy atom. The second-order valence-electron chi connectivity index (χ2n) is 4.61. The highest BCUT2D eigenvalue weighted by atomic mass is 35.5. The number of nitrogens with one attached hydrogen (secondary N) is 1. The quantitative estimate of drug-likeness (QED) is 0.668. The lowest BCUT2D eigenvalue weighted by atomic mass is 10.3. The Kier molecular flexibility index (Phi) is 4.64. The monoisotopic (exact) mass is 346 g/mol. The van der Waals surface area contributed by atoms with Crippen molar-refractivity contribution in [1.29, 1.82) is 0 Å². The maximum absolute atomic E-state index is 13.2. The molecule has 0 radical (unpaired) electrons. The first-order chi connectivity index (χ1) is 11.1. The molecule has 1 aromatic heterocycles. The Hall–Kier alpha value is -2.31. The minimum atomic E-state index is -0.479. The molecule has 0 aliphatic heterocycles. The van der Waals surface area contributed by atoms with Crippen molar-refractivity contribution in [3.8, 4) is 0 Å². The van der Waals surface area contributed by atoms with Crippen molar-refractivity contribution in [2.75, 3.05) is 11.1 Å². The summed E-state index contributed by atoms with van der Waals surface area (Å²) in [6, 6.07) is 14.1. The minimum absolute atomic E-state index is 0.0292. The first-order valence-corrected chi connectivity index (χ1v) is 7.88. The summed E-state index contributed by atoms with van der Waals surface area (Å²) in [6.45, 7) is 0. The zero-order valence-electron chi connectivity index (χ0n) is 11.8. The second kappa shape index (κ2) is 6.85. The van der Waals surface area contributed by atoms with Crippen molar-refractivity contribution >= 4 is 40.6 Å². The van der Waals surface area contributed by atoms with Crippen LogP contribution in [0.1, 0.15) is 0 Å². The fraction of sp³-hybridized carbons (Fsp3) is 0. The highest BCUT2D eigenvalue weighted by molar-refractivity contribution is 7.99. The molecule has 116 valence electrons. The van der Waals surface area contributed by atoms with Gasteiger partial charge in [0.2, 0.25) is 0 Å². The summed E-state index contributed by atoms with van der Waals surface area (Å²) in [5, 5.41) is 3.70. The van der Waals surface area contributed by atoms with Crippen LogP contribution in [0.2, 0.25) is 5.02 Å². The van der Waals surface area contributed by atoms with E-state index in [4.69, 9.17) is 17.3 Å². The Labute approximate surface area is 141 Å². The van der Waals surface area contributed by atoms with Crippen molar-refractivity contribution in [2.45, 2.75) is 9.92 Å². The van der Waals surface area contributed by atoms with E-state index >= 15 is 0 Å². The third kappa shape index (κ3) is 3.72. The summed E-state index contributed by atoms with van der Waals surface area (Å²) in [7, 11) is 0. The van der Waals surface area contributed by atoms with E-state index < -0.39 is 5.82 Å². The van der Waals surface area contributed by atoms with Gasteiger partial charge in [-0.05, 0) is 30.3 Å². The van der Waals surface area contributed by atoms with Gasteiger partial charge < -0.3 is 11.1 Å². The maximum Gasteiger partial charge on any atom is 0.158 e. The standard InChI is InChI=1S/C16H12ClFN4S/c17-12-8-10(6-7-13(12)18)22-15-14(19)16(21-9-20-15)23-11-4-2-1-3-5-11/h1-9H,19H2,(H,20,21,22). The molecular formula is C16H12ClFN4S. The van der Waals surface area contributed by atoms with Gasteiger partial charge in [-0.1, -0.05) is 41.6 Å². The van der Waals surface area contributed by atoms with Gasteiger partial charge in [-0.15, -0.1) is 0 Å². The average Bonchev–Trinajstić information content (AvgIpc) is 2.56. The molecule has 4 nitrogen and oxygen atoms in total. The molecule has 0 atom stereocenters. The van der Waals surface area contributed by atoms with Gasteiger partial charge in [-0.3, -0.25) is 0 Å². The van der Waals surface area contributed by atoms with E-state index in [1.54, 1.807) is 6.07 Å². The van der Waals surface area contributed by atoms with Crippen LogP contribution in [0.25, 0.3) is 0 Å². The van der Waals surface area contributed by atoms with E-state index in [-0.39, 0.29) is 5.02 Å². The summed E-state index contributed by atoms with van der Waals surface area (Å²) >= 11 is 7.22. The fourth-order valence-corrected chi connectivity index (χ4v) is 2.87. The molecule has 0 amide bonds. The van der Waals surface area contributed by atoms with Crippen molar-refractivity contribution in [3.63, 3.8) is 0 Å². The SMILES string of the molecule is Nc1c(Nc2ccc(F)c(Cl)c2)ncnc1Sc1ccccc1. The minimum Gasteiger partial charge on any atom is -0.394 e. The zero-order valence-corrected chi connectivity index (χ0v) is 13.4. The zero-order chi connectivity index (χ0) is 16.2. The molecule has 0 aliphatic carbocycles. The van der Waals surface area contributed by atoms with Gasteiger partial charge in [0.1, 0.15) is 22.9 Å². The number of hydrogen-bond donors (Lipinski definition) is 2. The van der Waals surface area contributed by atoms with Crippen LogP contribution in [0.5, 0.6) is 0 Å². The molecule has 0 bridgehead atoms. The number of anilines is 3. The highest BCUT2D eigenvalue weighted by Gasteiger charge is 2.10. The third-order valence-corrected chi connectivity index (χ3v) is 4.30. The fourth-order valence-electron chi connectivity index (χ4n) is 1.87. The Balaban J connectivity index is 1.86. The van der Waals surface area contributed by atoms with Crippen molar-refractivity contribution in [1.82, 2.24) is 9.97 Å². The molecule has 7 heteroatoms. The van der Waals surface area contributed by atoms with Gasteiger partial charge >= 0.3 is 0 Å². The predicted octanol–water partition coefficient (Wildman–Crippen LogP) is 4.75. The van der Waals surface area contributed by atoms with Crippen LogP contribution in [0.3, 0.4) is 0 Å². The Bertz CT molecular complexity index is 830. The van der Waals surface area contributed by atoms with Crippen LogP contribution in [0, 0.1) is 5.82 Å². The first kappa shape index (κ1) is 15.6.